The van der Waals surface area contributed by atoms with E-state index in [0.717, 1.165) is 15.6 Å². The number of carbonyl (C=O) groups excluding carboxylic acids is 1. The Morgan fingerprint density at radius 1 is 1.14 bits per heavy atom. The van der Waals surface area contributed by atoms with Gasteiger partial charge in [0.25, 0.3) is 0 Å². The molecule has 0 atom stereocenters. The number of thiazole rings is 1. The van der Waals surface area contributed by atoms with Crippen LogP contribution in [0.1, 0.15) is 48.7 Å². The van der Waals surface area contributed by atoms with Gasteiger partial charge in [-0.1, -0.05) is 25.3 Å². The molecule has 2 N–H and O–H groups in total. The van der Waals surface area contributed by atoms with E-state index in [4.69, 9.17) is 0 Å². The zero-order valence-electron chi connectivity index (χ0n) is 16.0. The van der Waals surface area contributed by atoms with Crippen molar-refractivity contribution < 1.29 is 9.18 Å². The largest absolute Gasteiger partial charge is 0.332 e. The molecular formula is C22H23FN4OS. The van der Waals surface area contributed by atoms with Crippen LogP contribution < -0.4 is 10.6 Å². The first-order valence-electron chi connectivity index (χ1n) is 9.89. The lowest BCUT2D eigenvalue weighted by Gasteiger charge is -2.18. The number of rotatable bonds is 5. The molecule has 1 aliphatic rings. The Hall–Kier alpha value is -2.80. The molecule has 0 saturated heterocycles. The number of urea groups is 1. The van der Waals surface area contributed by atoms with Crippen LogP contribution in [0.3, 0.4) is 0 Å². The Morgan fingerprint density at radius 2 is 2.00 bits per heavy atom. The third kappa shape index (κ3) is 4.98. The van der Waals surface area contributed by atoms with E-state index in [-0.39, 0.29) is 5.82 Å². The van der Waals surface area contributed by atoms with Crippen molar-refractivity contribution in [3.05, 3.63) is 65.3 Å². The highest BCUT2D eigenvalue weighted by Crippen LogP contribution is 2.38. The van der Waals surface area contributed by atoms with Crippen LogP contribution in [0, 0.1) is 5.82 Å². The average molecular weight is 411 g/mol. The van der Waals surface area contributed by atoms with Crippen LogP contribution in [-0.2, 0) is 6.54 Å². The molecule has 0 radical (unpaired) electrons. The highest BCUT2D eigenvalue weighted by molar-refractivity contribution is 7.15. The van der Waals surface area contributed by atoms with Crippen molar-refractivity contribution in [1.29, 1.82) is 0 Å². The fraction of sp³-hybridized carbons (Fsp3) is 0.318. The molecule has 7 heteroatoms. The van der Waals surface area contributed by atoms with Gasteiger partial charge in [-0.2, -0.15) is 0 Å². The summed E-state index contributed by atoms with van der Waals surface area (Å²) in [5.41, 5.74) is 1.67. The van der Waals surface area contributed by atoms with Gasteiger partial charge in [0.15, 0.2) is 0 Å². The van der Waals surface area contributed by atoms with E-state index in [1.54, 1.807) is 35.9 Å². The molecule has 0 unspecified atom stereocenters. The Balaban J connectivity index is 1.39. The number of benzene rings is 1. The van der Waals surface area contributed by atoms with Crippen LogP contribution in [0.4, 0.5) is 14.9 Å². The van der Waals surface area contributed by atoms with Crippen molar-refractivity contribution >= 4 is 23.1 Å². The highest BCUT2D eigenvalue weighted by Gasteiger charge is 2.20. The zero-order valence-corrected chi connectivity index (χ0v) is 16.8. The van der Waals surface area contributed by atoms with Crippen molar-refractivity contribution in [1.82, 2.24) is 15.3 Å². The molecular weight excluding hydrogens is 387 g/mol. The summed E-state index contributed by atoms with van der Waals surface area (Å²) in [5, 5.41) is 6.48. The number of hydrogen-bond donors (Lipinski definition) is 2. The normalized spacial score (nSPS) is 14.5. The summed E-state index contributed by atoms with van der Waals surface area (Å²) in [7, 11) is 0. The van der Waals surface area contributed by atoms with Crippen LogP contribution in [0.15, 0.2) is 48.8 Å². The second-order valence-electron chi connectivity index (χ2n) is 7.22. The first-order valence-corrected chi connectivity index (χ1v) is 10.7. The molecule has 5 nitrogen and oxygen atoms in total. The number of pyridine rings is 1. The number of halogens is 1. The minimum absolute atomic E-state index is 0.304. The maximum Gasteiger partial charge on any atom is 0.319 e. The maximum atomic E-state index is 14.7. The van der Waals surface area contributed by atoms with Gasteiger partial charge in [0, 0.05) is 29.6 Å². The van der Waals surface area contributed by atoms with Crippen LogP contribution in [-0.4, -0.2) is 16.0 Å². The Morgan fingerprint density at radius 3 is 2.76 bits per heavy atom. The SMILES string of the molecule is O=C(NCc1ccccn1)Nc1ccc(-c2cnc(C3CCCCC3)s2)c(F)c1. The van der Waals surface area contributed by atoms with E-state index in [9.17, 15) is 9.18 Å². The summed E-state index contributed by atoms with van der Waals surface area (Å²) in [5.74, 6) is 0.140. The number of hydrogen-bond acceptors (Lipinski definition) is 4. The standard InChI is InChI=1S/C22H23FN4OS/c23-19-12-16(27-22(28)26-13-17-8-4-5-11-24-17)9-10-18(19)20-14-25-21(29-20)15-6-2-1-3-7-15/h4-5,8-12,14-15H,1-3,6-7,13H2,(H2,26,27,28). The summed E-state index contributed by atoms with van der Waals surface area (Å²) in [6.45, 7) is 0.304. The molecule has 2 amide bonds. The van der Waals surface area contributed by atoms with E-state index in [1.807, 2.05) is 18.2 Å². The predicted octanol–water partition coefficient (Wildman–Crippen LogP) is 5.71. The Kier molecular flexibility index (Phi) is 6.14. The third-order valence-electron chi connectivity index (χ3n) is 5.13. The monoisotopic (exact) mass is 410 g/mol. The Labute approximate surface area is 173 Å². The molecule has 0 aliphatic heterocycles. The van der Waals surface area contributed by atoms with E-state index in [1.165, 1.54) is 38.2 Å². The van der Waals surface area contributed by atoms with Crippen molar-refractivity contribution in [3.63, 3.8) is 0 Å². The summed E-state index contributed by atoms with van der Waals surface area (Å²) in [6.07, 6.45) is 9.57. The van der Waals surface area contributed by atoms with Gasteiger partial charge in [-0.25, -0.2) is 14.2 Å². The van der Waals surface area contributed by atoms with Gasteiger partial charge in [-0.05, 0) is 43.2 Å². The van der Waals surface area contributed by atoms with Crippen LogP contribution in [0.2, 0.25) is 0 Å². The molecule has 150 valence electrons. The summed E-state index contributed by atoms with van der Waals surface area (Å²) >= 11 is 1.57. The lowest BCUT2D eigenvalue weighted by Crippen LogP contribution is -2.28. The summed E-state index contributed by atoms with van der Waals surface area (Å²) < 4.78 is 14.7. The molecule has 1 saturated carbocycles. The quantitative estimate of drug-likeness (QED) is 0.566. The summed E-state index contributed by atoms with van der Waals surface area (Å²) in [6, 6.07) is 9.84. The van der Waals surface area contributed by atoms with Crippen LogP contribution in [0.5, 0.6) is 0 Å². The fourth-order valence-corrected chi connectivity index (χ4v) is 4.71. The van der Waals surface area contributed by atoms with Crippen molar-refractivity contribution in [3.8, 4) is 10.4 Å². The molecule has 1 fully saturated rings. The highest BCUT2D eigenvalue weighted by atomic mass is 32.1. The average Bonchev–Trinajstić information content (AvgIpc) is 3.24. The number of aromatic nitrogens is 2. The van der Waals surface area contributed by atoms with Gasteiger partial charge < -0.3 is 10.6 Å². The van der Waals surface area contributed by atoms with Gasteiger partial charge in [-0.3, -0.25) is 4.98 Å². The van der Waals surface area contributed by atoms with Crippen molar-refractivity contribution in [2.75, 3.05) is 5.32 Å². The van der Waals surface area contributed by atoms with Crippen molar-refractivity contribution in [2.24, 2.45) is 0 Å². The number of anilines is 1. The Bertz CT molecular complexity index is 970. The lowest BCUT2D eigenvalue weighted by atomic mass is 9.90. The molecule has 0 bridgehead atoms. The maximum absolute atomic E-state index is 14.7. The number of nitrogens with one attached hydrogen (secondary N) is 2. The molecule has 0 spiro atoms. The second kappa shape index (κ2) is 9.13. The van der Waals surface area contributed by atoms with Crippen LogP contribution >= 0.6 is 11.3 Å². The minimum atomic E-state index is -0.403. The third-order valence-corrected chi connectivity index (χ3v) is 6.32. The molecule has 4 rings (SSSR count). The summed E-state index contributed by atoms with van der Waals surface area (Å²) in [4.78, 5) is 21.6. The molecule has 2 heterocycles. The topological polar surface area (TPSA) is 66.9 Å². The second-order valence-corrected chi connectivity index (χ2v) is 8.28. The van der Waals surface area contributed by atoms with Crippen LogP contribution in [0.25, 0.3) is 10.4 Å². The molecule has 3 aromatic rings. The lowest BCUT2D eigenvalue weighted by molar-refractivity contribution is 0.251. The first kappa shape index (κ1) is 19.5. The van der Waals surface area contributed by atoms with Gasteiger partial charge in [0.2, 0.25) is 0 Å². The van der Waals surface area contributed by atoms with E-state index in [0.29, 0.717) is 23.7 Å². The first-order chi connectivity index (χ1) is 14.2. The predicted molar refractivity (Wildman–Crippen MR) is 113 cm³/mol. The number of carbonyl (C=O) groups is 1. The van der Waals surface area contributed by atoms with Gasteiger partial charge in [0.05, 0.1) is 22.1 Å². The van der Waals surface area contributed by atoms with Gasteiger partial charge in [-0.15, -0.1) is 11.3 Å². The number of nitrogens with zero attached hydrogens (tertiary/aromatic N) is 2. The van der Waals surface area contributed by atoms with Crippen molar-refractivity contribution in [2.45, 2.75) is 44.6 Å². The molecule has 1 aliphatic carbocycles. The number of amides is 2. The zero-order chi connectivity index (χ0) is 20.1. The molecule has 2 aromatic heterocycles. The molecule has 1 aromatic carbocycles. The smallest absolute Gasteiger partial charge is 0.319 e. The van der Waals surface area contributed by atoms with Gasteiger partial charge >= 0.3 is 6.03 Å². The van der Waals surface area contributed by atoms with E-state index >= 15 is 0 Å². The fourth-order valence-electron chi connectivity index (χ4n) is 3.59. The van der Waals surface area contributed by atoms with E-state index in [2.05, 4.69) is 20.6 Å². The van der Waals surface area contributed by atoms with E-state index < -0.39 is 6.03 Å². The van der Waals surface area contributed by atoms with Gasteiger partial charge in [0.1, 0.15) is 5.82 Å². The minimum Gasteiger partial charge on any atom is -0.332 e. The molecule has 29 heavy (non-hydrogen) atoms.